The molecule has 3 heteroatoms. The smallest absolute Gasteiger partial charge is 0.0698 e. The molecule has 0 unspecified atom stereocenters. The molecule has 82 valence electrons. The van der Waals surface area contributed by atoms with Crippen LogP contribution in [0.4, 0.5) is 0 Å². The van der Waals surface area contributed by atoms with Crippen LogP contribution in [0.3, 0.4) is 0 Å². The molecule has 0 bridgehead atoms. The number of hydrogen-bond acceptors (Lipinski definition) is 3. The summed E-state index contributed by atoms with van der Waals surface area (Å²) in [6, 6.07) is 0.382. The van der Waals surface area contributed by atoms with Gasteiger partial charge in [-0.15, -0.1) is 0 Å². The molecule has 0 amide bonds. The van der Waals surface area contributed by atoms with Crippen molar-refractivity contribution in [2.75, 3.05) is 26.3 Å². The summed E-state index contributed by atoms with van der Waals surface area (Å²) in [5.41, 5.74) is 0. The van der Waals surface area contributed by atoms with Crippen molar-refractivity contribution in [2.45, 2.75) is 38.3 Å². The molecular weight excluding hydrogens is 178 g/mol. The summed E-state index contributed by atoms with van der Waals surface area (Å²) < 4.78 is 5.34. The third kappa shape index (κ3) is 2.10. The van der Waals surface area contributed by atoms with Gasteiger partial charge in [-0.05, 0) is 18.8 Å². The molecule has 1 aliphatic heterocycles. The van der Waals surface area contributed by atoms with Crippen molar-refractivity contribution in [3.05, 3.63) is 0 Å². The van der Waals surface area contributed by atoms with Gasteiger partial charge in [0.2, 0.25) is 0 Å². The summed E-state index contributed by atoms with van der Waals surface area (Å²) in [6.45, 7) is 5.91. The first kappa shape index (κ1) is 10.4. The molecule has 0 radical (unpaired) electrons. The van der Waals surface area contributed by atoms with E-state index in [1.807, 2.05) is 0 Å². The van der Waals surface area contributed by atoms with Crippen molar-refractivity contribution < 1.29 is 9.84 Å². The van der Waals surface area contributed by atoms with Crippen LogP contribution in [0.5, 0.6) is 0 Å². The van der Waals surface area contributed by atoms with E-state index in [0.29, 0.717) is 12.0 Å². The van der Waals surface area contributed by atoms with Gasteiger partial charge in [0.25, 0.3) is 0 Å². The van der Waals surface area contributed by atoms with Crippen LogP contribution in [-0.4, -0.2) is 48.5 Å². The average molecular weight is 199 g/mol. The molecule has 0 spiro atoms. The van der Waals surface area contributed by atoms with Crippen LogP contribution in [0.1, 0.15) is 26.2 Å². The normalized spacial score (nSPS) is 41.1. The van der Waals surface area contributed by atoms with Crippen LogP contribution in [0.2, 0.25) is 0 Å². The van der Waals surface area contributed by atoms with Gasteiger partial charge in [0.05, 0.1) is 19.3 Å². The monoisotopic (exact) mass is 199 g/mol. The number of ether oxygens (including phenoxy) is 1. The van der Waals surface area contributed by atoms with Crippen LogP contribution >= 0.6 is 0 Å². The molecule has 1 saturated carbocycles. The second kappa shape index (κ2) is 4.60. The molecule has 1 heterocycles. The van der Waals surface area contributed by atoms with Crippen LogP contribution in [0.25, 0.3) is 0 Å². The fraction of sp³-hybridized carbons (Fsp3) is 1.00. The largest absolute Gasteiger partial charge is 0.391 e. The second-order valence-electron chi connectivity index (χ2n) is 4.61. The van der Waals surface area contributed by atoms with E-state index in [4.69, 9.17) is 4.74 Å². The molecule has 3 nitrogen and oxygen atoms in total. The highest BCUT2D eigenvalue weighted by molar-refractivity contribution is 4.88. The number of aliphatic hydroxyl groups is 1. The van der Waals surface area contributed by atoms with Gasteiger partial charge in [-0.2, -0.15) is 0 Å². The van der Waals surface area contributed by atoms with E-state index in [-0.39, 0.29) is 6.10 Å². The second-order valence-corrected chi connectivity index (χ2v) is 4.61. The zero-order valence-electron chi connectivity index (χ0n) is 8.98. The lowest BCUT2D eigenvalue weighted by Gasteiger charge is -2.43. The Bertz CT molecular complexity index is 170. The third-order valence-corrected chi connectivity index (χ3v) is 3.60. The first-order chi connectivity index (χ1) is 6.79. The number of morpholine rings is 1. The van der Waals surface area contributed by atoms with Gasteiger partial charge in [-0.3, -0.25) is 4.90 Å². The highest BCUT2D eigenvalue weighted by Gasteiger charge is 2.34. The Morgan fingerprint density at radius 3 is 2.57 bits per heavy atom. The molecule has 0 aromatic carbocycles. The summed E-state index contributed by atoms with van der Waals surface area (Å²) in [7, 11) is 0. The maximum atomic E-state index is 10.0. The Kier molecular flexibility index (Phi) is 3.42. The Balaban J connectivity index is 1.97. The Morgan fingerprint density at radius 2 is 1.93 bits per heavy atom. The SMILES string of the molecule is C[C@H]1CCC[C@@H](O)[C@@H]1N1CCOCC1. The molecule has 2 rings (SSSR count). The van der Waals surface area contributed by atoms with Crippen LogP contribution in [0, 0.1) is 5.92 Å². The van der Waals surface area contributed by atoms with Gasteiger partial charge in [0.1, 0.15) is 0 Å². The fourth-order valence-corrected chi connectivity index (χ4v) is 2.85. The quantitative estimate of drug-likeness (QED) is 0.680. The molecule has 0 aromatic heterocycles. The lowest BCUT2D eigenvalue weighted by Crippen LogP contribution is -2.53. The van der Waals surface area contributed by atoms with E-state index < -0.39 is 0 Å². The maximum Gasteiger partial charge on any atom is 0.0698 e. The molecule has 3 atom stereocenters. The fourth-order valence-electron chi connectivity index (χ4n) is 2.85. The molecule has 1 saturated heterocycles. The Morgan fingerprint density at radius 1 is 1.21 bits per heavy atom. The van der Waals surface area contributed by atoms with Crippen molar-refractivity contribution in [1.29, 1.82) is 0 Å². The van der Waals surface area contributed by atoms with E-state index in [2.05, 4.69) is 11.8 Å². The standard InChI is InChI=1S/C11H21NO2/c1-9-3-2-4-10(13)11(9)12-5-7-14-8-6-12/h9-11,13H,2-8H2,1H3/t9-,10+,11+/m0/s1. The van der Waals surface area contributed by atoms with E-state index in [1.165, 1.54) is 12.8 Å². The van der Waals surface area contributed by atoms with Gasteiger partial charge in [-0.25, -0.2) is 0 Å². The number of aliphatic hydroxyl groups excluding tert-OH is 1. The molecule has 0 aromatic rings. The van der Waals surface area contributed by atoms with Crippen LogP contribution < -0.4 is 0 Å². The predicted molar refractivity (Wildman–Crippen MR) is 55.2 cm³/mol. The van der Waals surface area contributed by atoms with Crippen molar-refractivity contribution in [2.24, 2.45) is 5.92 Å². The Labute approximate surface area is 86.0 Å². The van der Waals surface area contributed by atoms with Crippen LogP contribution in [0.15, 0.2) is 0 Å². The number of hydrogen-bond donors (Lipinski definition) is 1. The molecular formula is C11H21NO2. The number of rotatable bonds is 1. The van der Waals surface area contributed by atoms with E-state index in [9.17, 15) is 5.11 Å². The van der Waals surface area contributed by atoms with Gasteiger partial charge in [0, 0.05) is 19.1 Å². The van der Waals surface area contributed by atoms with E-state index >= 15 is 0 Å². The Hall–Kier alpha value is -0.120. The summed E-state index contributed by atoms with van der Waals surface area (Å²) in [5, 5.41) is 10.0. The maximum absolute atomic E-state index is 10.0. The highest BCUT2D eigenvalue weighted by Crippen LogP contribution is 2.28. The molecule has 14 heavy (non-hydrogen) atoms. The molecule has 1 N–H and O–H groups in total. The first-order valence-corrected chi connectivity index (χ1v) is 5.79. The predicted octanol–water partition coefficient (Wildman–Crippen LogP) is 0.868. The van der Waals surface area contributed by atoms with Crippen molar-refractivity contribution in [1.82, 2.24) is 4.90 Å². The van der Waals surface area contributed by atoms with Gasteiger partial charge in [-0.1, -0.05) is 13.3 Å². The van der Waals surface area contributed by atoms with Crippen molar-refractivity contribution in [3.63, 3.8) is 0 Å². The van der Waals surface area contributed by atoms with E-state index in [1.54, 1.807) is 0 Å². The topological polar surface area (TPSA) is 32.7 Å². The highest BCUT2D eigenvalue weighted by atomic mass is 16.5. The summed E-state index contributed by atoms with van der Waals surface area (Å²) >= 11 is 0. The minimum Gasteiger partial charge on any atom is -0.391 e. The molecule has 2 aliphatic rings. The van der Waals surface area contributed by atoms with Crippen molar-refractivity contribution in [3.8, 4) is 0 Å². The molecule has 1 aliphatic carbocycles. The van der Waals surface area contributed by atoms with Gasteiger partial charge in [0.15, 0.2) is 0 Å². The zero-order chi connectivity index (χ0) is 9.97. The van der Waals surface area contributed by atoms with Crippen molar-refractivity contribution >= 4 is 0 Å². The minimum absolute atomic E-state index is 0.114. The van der Waals surface area contributed by atoms with Gasteiger partial charge >= 0.3 is 0 Å². The van der Waals surface area contributed by atoms with E-state index in [0.717, 1.165) is 32.7 Å². The first-order valence-electron chi connectivity index (χ1n) is 5.79. The summed E-state index contributed by atoms with van der Waals surface area (Å²) in [5.74, 6) is 0.636. The average Bonchev–Trinajstić information content (AvgIpc) is 2.19. The summed E-state index contributed by atoms with van der Waals surface area (Å²) in [4.78, 5) is 2.41. The lowest BCUT2D eigenvalue weighted by atomic mass is 9.82. The molecule has 2 fully saturated rings. The number of nitrogens with zero attached hydrogens (tertiary/aromatic N) is 1. The zero-order valence-corrected chi connectivity index (χ0v) is 8.98. The van der Waals surface area contributed by atoms with Gasteiger partial charge < -0.3 is 9.84 Å². The third-order valence-electron chi connectivity index (χ3n) is 3.60. The summed E-state index contributed by atoms with van der Waals surface area (Å²) in [6.07, 6.45) is 3.31. The van der Waals surface area contributed by atoms with Crippen LogP contribution in [-0.2, 0) is 4.74 Å². The lowest BCUT2D eigenvalue weighted by molar-refractivity contribution is -0.0542. The minimum atomic E-state index is -0.114.